The minimum absolute atomic E-state index is 0.327. The van der Waals surface area contributed by atoms with Gasteiger partial charge in [0.2, 0.25) is 0 Å². The fourth-order valence-electron chi connectivity index (χ4n) is 2.01. The van der Waals surface area contributed by atoms with E-state index in [1.807, 2.05) is 6.92 Å². The van der Waals surface area contributed by atoms with Crippen molar-refractivity contribution in [1.82, 2.24) is 0 Å². The molecule has 0 fully saturated rings. The van der Waals surface area contributed by atoms with Crippen LogP contribution < -0.4 is 0 Å². The van der Waals surface area contributed by atoms with Crippen LogP contribution in [0.3, 0.4) is 0 Å². The number of rotatable bonds is 1. The van der Waals surface area contributed by atoms with Gasteiger partial charge >= 0.3 is 0 Å². The van der Waals surface area contributed by atoms with Gasteiger partial charge in [0, 0.05) is 0 Å². The average molecular weight is 176 g/mol. The molecule has 70 valence electrons. The number of aliphatic hydroxyl groups is 1. The molecule has 13 heavy (non-hydrogen) atoms. The summed E-state index contributed by atoms with van der Waals surface area (Å²) in [5.74, 6) is 0. The maximum absolute atomic E-state index is 9.43. The Morgan fingerprint density at radius 3 is 2.54 bits per heavy atom. The summed E-state index contributed by atoms with van der Waals surface area (Å²) in [5, 5.41) is 9.43. The Hall–Kier alpha value is -0.820. The number of aliphatic hydroxyl groups excluding tert-OH is 1. The summed E-state index contributed by atoms with van der Waals surface area (Å²) in [5.41, 5.74) is 3.99. The third-order valence-electron chi connectivity index (χ3n) is 2.85. The van der Waals surface area contributed by atoms with Crippen LogP contribution in [0.4, 0.5) is 0 Å². The highest BCUT2D eigenvalue weighted by atomic mass is 16.3. The molecule has 1 heteroatoms. The number of hydrogen-bond donors (Lipinski definition) is 1. The number of fused-ring (bicyclic) bond motifs is 1. The van der Waals surface area contributed by atoms with Crippen LogP contribution in [0.5, 0.6) is 0 Å². The highest BCUT2D eigenvalue weighted by Crippen LogP contribution is 2.24. The first-order valence-corrected chi connectivity index (χ1v) is 5.07. The summed E-state index contributed by atoms with van der Waals surface area (Å²) < 4.78 is 0. The highest BCUT2D eigenvalue weighted by Gasteiger charge is 2.10. The van der Waals surface area contributed by atoms with Gasteiger partial charge in [-0.2, -0.15) is 0 Å². The fourth-order valence-corrected chi connectivity index (χ4v) is 2.01. The molecule has 0 heterocycles. The molecule has 0 aromatic heterocycles. The van der Waals surface area contributed by atoms with Gasteiger partial charge in [-0.1, -0.05) is 18.2 Å². The molecule has 0 bridgehead atoms. The number of aryl methyl sites for hydroxylation is 2. The van der Waals surface area contributed by atoms with E-state index in [9.17, 15) is 5.11 Å². The normalized spacial score (nSPS) is 18.0. The van der Waals surface area contributed by atoms with Gasteiger partial charge in [-0.3, -0.25) is 0 Å². The third kappa shape index (κ3) is 1.75. The van der Waals surface area contributed by atoms with Gasteiger partial charge in [-0.05, 0) is 49.3 Å². The van der Waals surface area contributed by atoms with Crippen molar-refractivity contribution in [2.75, 3.05) is 0 Å². The Bertz CT molecular complexity index is 302. The van der Waals surface area contributed by atoms with Crippen LogP contribution in [-0.4, -0.2) is 5.11 Å². The van der Waals surface area contributed by atoms with Crippen LogP contribution in [-0.2, 0) is 12.8 Å². The van der Waals surface area contributed by atoms with E-state index in [-0.39, 0.29) is 6.10 Å². The Morgan fingerprint density at radius 2 is 1.85 bits per heavy atom. The molecule has 1 aromatic carbocycles. The topological polar surface area (TPSA) is 20.2 Å². The van der Waals surface area contributed by atoms with Gasteiger partial charge in [0.25, 0.3) is 0 Å². The third-order valence-corrected chi connectivity index (χ3v) is 2.85. The zero-order valence-electron chi connectivity index (χ0n) is 8.09. The van der Waals surface area contributed by atoms with Crippen molar-refractivity contribution < 1.29 is 5.11 Å². The smallest absolute Gasteiger partial charge is 0.0762 e. The van der Waals surface area contributed by atoms with Gasteiger partial charge < -0.3 is 5.11 Å². The molecule has 0 amide bonds. The molecule has 2 rings (SSSR count). The van der Waals surface area contributed by atoms with Crippen molar-refractivity contribution in [3.63, 3.8) is 0 Å². The van der Waals surface area contributed by atoms with Crippen molar-refractivity contribution in [3.05, 3.63) is 34.9 Å². The summed E-state index contributed by atoms with van der Waals surface area (Å²) in [6.07, 6.45) is 4.70. The van der Waals surface area contributed by atoms with Crippen molar-refractivity contribution in [1.29, 1.82) is 0 Å². The van der Waals surface area contributed by atoms with Crippen molar-refractivity contribution in [3.8, 4) is 0 Å². The van der Waals surface area contributed by atoms with Crippen LogP contribution in [0.2, 0.25) is 0 Å². The summed E-state index contributed by atoms with van der Waals surface area (Å²) in [7, 11) is 0. The van der Waals surface area contributed by atoms with E-state index in [2.05, 4.69) is 18.2 Å². The molecule has 0 saturated heterocycles. The zero-order valence-corrected chi connectivity index (χ0v) is 8.09. The van der Waals surface area contributed by atoms with E-state index in [1.54, 1.807) is 0 Å². The fraction of sp³-hybridized carbons (Fsp3) is 0.500. The molecule has 0 radical (unpaired) electrons. The lowest BCUT2D eigenvalue weighted by Crippen LogP contribution is -2.04. The summed E-state index contributed by atoms with van der Waals surface area (Å²) in [6.45, 7) is 1.82. The second-order valence-electron chi connectivity index (χ2n) is 3.91. The molecule has 0 saturated carbocycles. The maximum Gasteiger partial charge on any atom is 0.0762 e. The number of benzene rings is 1. The lowest BCUT2D eigenvalue weighted by atomic mass is 9.90. The maximum atomic E-state index is 9.43. The first kappa shape index (κ1) is 8.76. The van der Waals surface area contributed by atoms with Crippen molar-refractivity contribution >= 4 is 0 Å². The monoisotopic (exact) mass is 176 g/mol. The largest absolute Gasteiger partial charge is 0.389 e. The Kier molecular flexibility index (Phi) is 2.36. The van der Waals surface area contributed by atoms with Crippen LogP contribution >= 0.6 is 0 Å². The van der Waals surface area contributed by atoms with Crippen molar-refractivity contribution in [2.24, 2.45) is 0 Å². The highest BCUT2D eigenvalue weighted by molar-refractivity contribution is 5.34. The van der Waals surface area contributed by atoms with E-state index in [0.717, 1.165) is 5.56 Å². The minimum Gasteiger partial charge on any atom is -0.389 e. The Morgan fingerprint density at radius 1 is 1.15 bits per heavy atom. The lowest BCUT2D eigenvalue weighted by Gasteiger charge is -2.17. The molecular weight excluding hydrogens is 160 g/mol. The summed E-state index contributed by atoms with van der Waals surface area (Å²) >= 11 is 0. The minimum atomic E-state index is -0.327. The summed E-state index contributed by atoms with van der Waals surface area (Å²) in [6, 6.07) is 6.39. The van der Waals surface area contributed by atoms with Gasteiger partial charge in [0.05, 0.1) is 6.10 Å². The van der Waals surface area contributed by atoms with Crippen LogP contribution in [0.15, 0.2) is 18.2 Å². The molecule has 0 spiro atoms. The Balaban J connectivity index is 2.35. The molecule has 1 N–H and O–H groups in total. The van der Waals surface area contributed by atoms with Gasteiger partial charge in [-0.25, -0.2) is 0 Å². The molecule has 1 atom stereocenters. The molecule has 0 aliphatic heterocycles. The van der Waals surface area contributed by atoms with Crippen LogP contribution in [0, 0.1) is 0 Å². The quantitative estimate of drug-likeness (QED) is 0.697. The van der Waals surface area contributed by atoms with Crippen molar-refractivity contribution in [2.45, 2.75) is 38.7 Å². The standard InChI is InChI=1S/C12H16O/c1-9(13)11-7-6-10-4-2-3-5-12(10)8-11/h6-9,13H,2-5H2,1H3/t9-/m1/s1. The Labute approximate surface area is 79.4 Å². The van der Waals surface area contributed by atoms with E-state index in [4.69, 9.17) is 0 Å². The zero-order chi connectivity index (χ0) is 9.26. The van der Waals surface area contributed by atoms with Crippen LogP contribution in [0.25, 0.3) is 0 Å². The first-order chi connectivity index (χ1) is 6.27. The number of hydrogen-bond acceptors (Lipinski definition) is 1. The second-order valence-corrected chi connectivity index (χ2v) is 3.91. The predicted octanol–water partition coefficient (Wildman–Crippen LogP) is 2.62. The van der Waals surface area contributed by atoms with Gasteiger partial charge in [-0.15, -0.1) is 0 Å². The molecule has 1 aliphatic carbocycles. The molecule has 0 unspecified atom stereocenters. The molecule has 1 aliphatic rings. The second kappa shape index (κ2) is 3.51. The average Bonchev–Trinajstić information content (AvgIpc) is 2.17. The predicted molar refractivity (Wildman–Crippen MR) is 53.7 cm³/mol. The van der Waals surface area contributed by atoms with E-state index < -0.39 is 0 Å². The first-order valence-electron chi connectivity index (χ1n) is 5.07. The van der Waals surface area contributed by atoms with Crippen LogP contribution in [0.1, 0.15) is 42.6 Å². The summed E-state index contributed by atoms with van der Waals surface area (Å²) in [4.78, 5) is 0. The van der Waals surface area contributed by atoms with E-state index in [0.29, 0.717) is 0 Å². The van der Waals surface area contributed by atoms with Gasteiger partial charge in [0.15, 0.2) is 0 Å². The van der Waals surface area contributed by atoms with E-state index >= 15 is 0 Å². The lowest BCUT2D eigenvalue weighted by molar-refractivity contribution is 0.199. The SMILES string of the molecule is C[C@@H](O)c1ccc2c(c1)CCCC2. The molecule has 1 nitrogen and oxygen atoms in total. The van der Waals surface area contributed by atoms with E-state index in [1.165, 1.54) is 36.8 Å². The molecule has 1 aromatic rings. The van der Waals surface area contributed by atoms with Gasteiger partial charge in [0.1, 0.15) is 0 Å². The molecular formula is C12H16O.